The highest BCUT2D eigenvalue weighted by atomic mass is 16.5. The van der Waals surface area contributed by atoms with E-state index in [-0.39, 0.29) is 11.9 Å². The molecule has 0 heterocycles. The summed E-state index contributed by atoms with van der Waals surface area (Å²) in [6, 6.07) is 11.1. The van der Waals surface area contributed by atoms with Crippen molar-refractivity contribution in [3.8, 4) is 17.2 Å². The van der Waals surface area contributed by atoms with E-state index >= 15 is 0 Å². The van der Waals surface area contributed by atoms with Gasteiger partial charge in [0.2, 0.25) is 5.75 Å². The maximum atomic E-state index is 12.6. The topological polar surface area (TPSA) is 56.8 Å². The van der Waals surface area contributed by atoms with Crippen molar-refractivity contribution in [1.29, 1.82) is 0 Å². The summed E-state index contributed by atoms with van der Waals surface area (Å²) >= 11 is 0. The Labute approximate surface area is 142 Å². The number of carbonyl (C=O) groups excluding carboxylic acids is 1. The van der Waals surface area contributed by atoms with Crippen LogP contribution in [0.25, 0.3) is 0 Å². The Morgan fingerprint density at radius 1 is 1.00 bits per heavy atom. The van der Waals surface area contributed by atoms with Gasteiger partial charge in [-0.2, -0.15) is 0 Å². The molecule has 0 unspecified atom stereocenters. The molecule has 1 amide bonds. The van der Waals surface area contributed by atoms with Crippen molar-refractivity contribution in [2.75, 3.05) is 21.3 Å². The summed E-state index contributed by atoms with van der Waals surface area (Å²) in [6.45, 7) is 3.98. The van der Waals surface area contributed by atoms with Gasteiger partial charge in [0.1, 0.15) is 0 Å². The van der Waals surface area contributed by atoms with Crippen molar-refractivity contribution in [1.82, 2.24) is 5.32 Å². The van der Waals surface area contributed by atoms with Crippen LogP contribution in [0.5, 0.6) is 17.2 Å². The fourth-order valence-corrected chi connectivity index (χ4v) is 2.64. The minimum absolute atomic E-state index is 0.113. The summed E-state index contributed by atoms with van der Waals surface area (Å²) in [6.07, 6.45) is 0. The zero-order chi connectivity index (χ0) is 17.7. The van der Waals surface area contributed by atoms with Gasteiger partial charge in [0.05, 0.1) is 27.4 Å². The van der Waals surface area contributed by atoms with Crippen LogP contribution in [0.1, 0.15) is 34.5 Å². The number of methoxy groups -OCH3 is 3. The van der Waals surface area contributed by atoms with Gasteiger partial charge in [0.25, 0.3) is 5.91 Å². The fraction of sp³-hybridized carbons (Fsp3) is 0.316. The van der Waals surface area contributed by atoms with Crippen molar-refractivity contribution < 1.29 is 19.0 Å². The summed E-state index contributed by atoms with van der Waals surface area (Å²) in [5, 5.41) is 3.00. The Morgan fingerprint density at radius 3 is 2.08 bits per heavy atom. The Morgan fingerprint density at radius 2 is 1.58 bits per heavy atom. The Kier molecular flexibility index (Phi) is 5.68. The molecular formula is C19H23NO4. The van der Waals surface area contributed by atoms with E-state index in [0.29, 0.717) is 22.8 Å². The zero-order valence-electron chi connectivity index (χ0n) is 14.7. The first kappa shape index (κ1) is 17.7. The molecule has 2 rings (SSSR count). The van der Waals surface area contributed by atoms with E-state index in [2.05, 4.69) is 5.32 Å². The Bertz CT molecular complexity index is 702. The van der Waals surface area contributed by atoms with Crippen LogP contribution >= 0.6 is 0 Å². The summed E-state index contributed by atoms with van der Waals surface area (Å²) in [7, 11) is 4.57. The number of rotatable bonds is 6. The first-order valence-corrected chi connectivity index (χ1v) is 7.68. The molecule has 0 bridgehead atoms. The van der Waals surface area contributed by atoms with Gasteiger partial charge in [-0.05, 0) is 37.1 Å². The second-order valence-corrected chi connectivity index (χ2v) is 5.47. The third kappa shape index (κ3) is 3.62. The predicted octanol–water partition coefficient (Wildman–Crippen LogP) is 3.51. The molecular weight excluding hydrogens is 306 g/mol. The normalized spacial score (nSPS) is 11.5. The lowest BCUT2D eigenvalue weighted by Gasteiger charge is -2.18. The standard InChI is InChI=1S/C19H23NO4/c1-12-8-6-7-9-15(12)13(2)20-19(21)14-10-16(22-3)18(24-5)17(11-14)23-4/h6-11,13H,1-5H3,(H,20,21)/t13-/m0/s1. The average molecular weight is 329 g/mol. The second kappa shape index (κ2) is 7.73. The van der Waals surface area contributed by atoms with Gasteiger partial charge in [0.15, 0.2) is 11.5 Å². The maximum Gasteiger partial charge on any atom is 0.252 e. The van der Waals surface area contributed by atoms with Crippen LogP contribution in [0.15, 0.2) is 36.4 Å². The first-order valence-electron chi connectivity index (χ1n) is 7.68. The molecule has 0 aliphatic heterocycles. The number of carbonyl (C=O) groups is 1. The van der Waals surface area contributed by atoms with Crippen LogP contribution in [0.4, 0.5) is 0 Å². The lowest BCUT2D eigenvalue weighted by molar-refractivity contribution is 0.0939. The van der Waals surface area contributed by atoms with Gasteiger partial charge in [-0.3, -0.25) is 4.79 Å². The summed E-state index contributed by atoms with van der Waals surface area (Å²) in [5.74, 6) is 1.16. The lowest BCUT2D eigenvalue weighted by atomic mass is 10.0. The first-order chi connectivity index (χ1) is 11.5. The summed E-state index contributed by atoms with van der Waals surface area (Å²) < 4.78 is 15.9. The molecule has 0 saturated carbocycles. The smallest absolute Gasteiger partial charge is 0.252 e. The predicted molar refractivity (Wildman–Crippen MR) is 93.2 cm³/mol. The highest BCUT2D eigenvalue weighted by molar-refractivity contribution is 5.95. The van der Waals surface area contributed by atoms with E-state index in [1.54, 1.807) is 12.1 Å². The van der Waals surface area contributed by atoms with Crippen molar-refractivity contribution in [2.24, 2.45) is 0 Å². The summed E-state index contributed by atoms with van der Waals surface area (Å²) in [4.78, 5) is 12.6. The van der Waals surface area contributed by atoms with Crippen molar-refractivity contribution in [3.05, 3.63) is 53.1 Å². The maximum absolute atomic E-state index is 12.6. The van der Waals surface area contributed by atoms with E-state index in [1.807, 2.05) is 38.1 Å². The van der Waals surface area contributed by atoms with E-state index in [0.717, 1.165) is 11.1 Å². The molecule has 0 aromatic heterocycles. The van der Waals surface area contributed by atoms with E-state index in [9.17, 15) is 4.79 Å². The Hall–Kier alpha value is -2.69. The molecule has 0 fully saturated rings. The highest BCUT2D eigenvalue weighted by Gasteiger charge is 2.19. The van der Waals surface area contributed by atoms with Gasteiger partial charge >= 0.3 is 0 Å². The minimum Gasteiger partial charge on any atom is -0.493 e. The van der Waals surface area contributed by atoms with Crippen molar-refractivity contribution >= 4 is 5.91 Å². The number of hydrogen-bond acceptors (Lipinski definition) is 4. The summed E-state index contributed by atoms with van der Waals surface area (Å²) in [5.41, 5.74) is 2.67. The largest absolute Gasteiger partial charge is 0.493 e. The lowest BCUT2D eigenvalue weighted by Crippen LogP contribution is -2.27. The molecule has 1 N–H and O–H groups in total. The van der Waals surface area contributed by atoms with Crippen LogP contribution in [-0.2, 0) is 0 Å². The van der Waals surface area contributed by atoms with Crippen LogP contribution in [0, 0.1) is 6.92 Å². The molecule has 5 heteroatoms. The fourth-order valence-electron chi connectivity index (χ4n) is 2.64. The molecule has 2 aromatic rings. The highest BCUT2D eigenvalue weighted by Crippen LogP contribution is 2.38. The molecule has 0 radical (unpaired) electrons. The van der Waals surface area contributed by atoms with Crippen LogP contribution in [0.3, 0.4) is 0 Å². The van der Waals surface area contributed by atoms with E-state index < -0.39 is 0 Å². The van der Waals surface area contributed by atoms with Gasteiger partial charge in [-0.15, -0.1) is 0 Å². The molecule has 0 spiro atoms. The molecule has 0 saturated heterocycles. The van der Waals surface area contributed by atoms with Crippen molar-refractivity contribution in [3.63, 3.8) is 0 Å². The number of nitrogens with one attached hydrogen (secondary N) is 1. The van der Waals surface area contributed by atoms with Gasteiger partial charge < -0.3 is 19.5 Å². The van der Waals surface area contributed by atoms with E-state index in [4.69, 9.17) is 14.2 Å². The minimum atomic E-state index is -0.204. The number of benzene rings is 2. The molecule has 128 valence electrons. The SMILES string of the molecule is COc1cc(C(=O)N[C@@H](C)c2ccccc2C)cc(OC)c1OC. The average Bonchev–Trinajstić information content (AvgIpc) is 2.60. The number of amides is 1. The van der Waals surface area contributed by atoms with Crippen molar-refractivity contribution in [2.45, 2.75) is 19.9 Å². The van der Waals surface area contributed by atoms with Gasteiger partial charge in [-0.25, -0.2) is 0 Å². The zero-order valence-corrected chi connectivity index (χ0v) is 14.7. The molecule has 2 aromatic carbocycles. The molecule has 0 aliphatic carbocycles. The van der Waals surface area contributed by atoms with Gasteiger partial charge in [0, 0.05) is 5.56 Å². The number of aryl methyl sites for hydroxylation is 1. The second-order valence-electron chi connectivity index (χ2n) is 5.47. The third-order valence-corrected chi connectivity index (χ3v) is 3.93. The van der Waals surface area contributed by atoms with Crippen LogP contribution in [-0.4, -0.2) is 27.2 Å². The Balaban J connectivity index is 2.28. The van der Waals surface area contributed by atoms with Crippen LogP contribution < -0.4 is 19.5 Å². The monoisotopic (exact) mass is 329 g/mol. The van der Waals surface area contributed by atoms with E-state index in [1.165, 1.54) is 21.3 Å². The van der Waals surface area contributed by atoms with Crippen LogP contribution in [0.2, 0.25) is 0 Å². The molecule has 0 aliphatic rings. The molecule has 1 atom stereocenters. The third-order valence-electron chi connectivity index (χ3n) is 3.93. The molecule has 24 heavy (non-hydrogen) atoms. The molecule has 5 nitrogen and oxygen atoms in total. The number of hydrogen-bond donors (Lipinski definition) is 1. The number of ether oxygens (including phenoxy) is 3. The quantitative estimate of drug-likeness (QED) is 0.881. The van der Waals surface area contributed by atoms with Gasteiger partial charge in [-0.1, -0.05) is 24.3 Å².